The number of carboxylic acids is 2. The summed E-state index contributed by atoms with van der Waals surface area (Å²) in [5.41, 5.74) is 4.94. The van der Waals surface area contributed by atoms with E-state index in [0.717, 1.165) is 57.1 Å². The number of aliphatic carboxylic acids is 2. The number of imidazole rings is 1. The fraction of sp³-hybridized carbons (Fsp3) is 0.370. The van der Waals surface area contributed by atoms with Crippen molar-refractivity contribution < 1.29 is 46.1 Å². The summed E-state index contributed by atoms with van der Waals surface area (Å²) in [6.45, 7) is 8.72. The van der Waals surface area contributed by atoms with E-state index in [1.54, 1.807) is 0 Å². The molecule has 14 heteroatoms. The SMILES string of the molecule is Cc1[nH]c(-c2ccccc2)nc1CN1CCN(CCc2ccccc2)CC1.O=C(O)C(F)(F)F.O=C(O)C(F)(F)F. The number of H-pyrrole nitrogens is 1. The van der Waals surface area contributed by atoms with Gasteiger partial charge in [-0.15, -0.1) is 0 Å². The number of aromatic amines is 1. The molecule has 0 unspecified atom stereocenters. The second-order valence-electron chi connectivity index (χ2n) is 8.98. The molecule has 2 aromatic carbocycles. The Morgan fingerprint density at radius 2 is 1.24 bits per heavy atom. The molecule has 4 rings (SSSR count). The fourth-order valence-electron chi connectivity index (χ4n) is 3.70. The summed E-state index contributed by atoms with van der Waals surface area (Å²) in [6, 6.07) is 21.2. The van der Waals surface area contributed by atoms with E-state index in [1.807, 2.05) is 6.07 Å². The van der Waals surface area contributed by atoms with Gasteiger partial charge in [-0.05, 0) is 18.9 Å². The first-order valence-electron chi connectivity index (χ1n) is 12.4. The molecular weight excluding hydrogens is 558 g/mol. The van der Waals surface area contributed by atoms with Crippen LogP contribution in [0.15, 0.2) is 60.7 Å². The maximum absolute atomic E-state index is 10.6. The monoisotopic (exact) mass is 588 g/mol. The van der Waals surface area contributed by atoms with Gasteiger partial charge in [0, 0.05) is 50.5 Å². The molecular formula is C27H30F6N4O4. The molecule has 3 aromatic rings. The summed E-state index contributed by atoms with van der Waals surface area (Å²) in [7, 11) is 0. The lowest BCUT2D eigenvalue weighted by Gasteiger charge is -2.34. The van der Waals surface area contributed by atoms with Crippen molar-refractivity contribution in [2.45, 2.75) is 32.2 Å². The smallest absolute Gasteiger partial charge is 0.475 e. The number of piperazine rings is 1. The molecule has 1 saturated heterocycles. The zero-order chi connectivity index (χ0) is 30.6. The van der Waals surface area contributed by atoms with Gasteiger partial charge in [0.1, 0.15) is 5.82 Å². The van der Waals surface area contributed by atoms with Crippen LogP contribution >= 0.6 is 0 Å². The normalized spacial score (nSPS) is 14.3. The van der Waals surface area contributed by atoms with Crippen molar-refractivity contribution in [1.29, 1.82) is 0 Å². The van der Waals surface area contributed by atoms with E-state index in [-0.39, 0.29) is 0 Å². The van der Waals surface area contributed by atoms with Gasteiger partial charge in [-0.1, -0.05) is 60.7 Å². The van der Waals surface area contributed by atoms with Crippen LogP contribution in [0.5, 0.6) is 0 Å². The van der Waals surface area contributed by atoms with E-state index in [0.29, 0.717) is 0 Å². The minimum Gasteiger partial charge on any atom is -0.475 e. The number of hydrogen-bond donors (Lipinski definition) is 3. The van der Waals surface area contributed by atoms with Crippen LogP contribution < -0.4 is 0 Å². The Hall–Kier alpha value is -3.91. The van der Waals surface area contributed by atoms with Crippen molar-refractivity contribution in [2.24, 2.45) is 0 Å². The minimum absolute atomic E-state index is 0.932. The topological polar surface area (TPSA) is 110 Å². The fourth-order valence-corrected chi connectivity index (χ4v) is 3.70. The van der Waals surface area contributed by atoms with E-state index in [4.69, 9.17) is 24.8 Å². The number of hydrogen-bond acceptors (Lipinski definition) is 5. The number of halogens is 6. The van der Waals surface area contributed by atoms with Crippen molar-refractivity contribution in [1.82, 2.24) is 19.8 Å². The predicted octanol–water partition coefficient (Wildman–Crippen LogP) is 5.01. The van der Waals surface area contributed by atoms with Crippen LogP contribution in [0, 0.1) is 6.92 Å². The van der Waals surface area contributed by atoms with Gasteiger partial charge < -0.3 is 20.1 Å². The maximum atomic E-state index is 10.6. The summed E-state index contributed by atoms with van der Waals surface area (Å²) in [5.74, 6) is -4.54. The number of benzene rings is 2. The number of nitrogens with zero attached hydrogens (tertiary/aromatic N) is 3. The molecule has 0 bridgehead atoms. The van der Waals surface area contributed by atoms with Crippen LogP contribution in [0.3, 0.4) is 0 Å². The number of rotatable bonds is 6. The third kappa shape index (κ3) is 12.0. The summed E-state index contributed by atoms with van der Waals surface area (Å²) < 4.78 is 63.5. The Bertz CT molecular complexity index is 1200. The first kappa shape index (κ1) is 33.3. The highest BCUT2D eigenvalue weighted by molar-refractivity contribution is 5.73. The molecule has 1 aromatic heterocycles. The lowest BCUT2D eigenvalue weighted by Crippen LogP contribution is -2.46. The molecule has 0 aliphatic carbocycles. The summed E-state index contributed by atoms with van der Waals surface area (Å²) in [4.78, 5) is 31.2. The quantitative estimate of drug-likeness (QED) is 0.348. The van der Waals surface area contributed by atoms with Gasteiger partial charge in [-0.25, -0.2) is 14.6 Å². The second-order valence-corrected chi connectivity index (χ2v) is 8.98. The molecule has 224 valence electrons. The third-order valence-corrected chi connectivity index (χ3v) is 5.92. The molecule has 0 spiro atoms. The van der Waals surface area contributed by atoms with Gasteiger partial charge >= 0.3 is 24.3 Å². The predicted molar refractivity (Wildman–Crippen MR) is 138 cm³/mol. The number of alkyl halides is 6. The van der Waals surface area contributed by atoms with Gasteiger partial charge in [-0.2, -0.15) is 26.3 Å². The Balaban J connectivity index is 0.000000349. The molecule has 0 atom stereocenters. The van der Waals surface area contributed by atoms with Gasteiger partial charge in [0.15, 0.2) is 0 Å². The zero-order valence-electron chi connectivity index (χ0n) is 22.0. The highest BCUT2D eigenvalue weighted by atomic mass is 19.4. The van der Waals surface area contributed by atoms with E-state index in [2.05, 4.69) is 76.3 Å². The van der Waals surface area contributed by atoms with Crippen molar-refractivity contribution in [3.63, 3.8) is 0 Å². The highest BCUT2D eigenvalue weighted by Gasteiger charge is 2.38. The minimum atomic E-state index is -5.08. The Morgan fingerprint density at radius 1 is 0.805 bits per heavy atom. The molecule has 0 saturated carbocycles. The van der Waals surface area contributed by atoms with Crippen molar-refractivity contribution in [2.75, 3.05) is 32.7 Å². The largest absolute Gasteiger partial charge is 0.490 e. The molecule has 0 amide bonds. The second kappa shape index (κ2) is 15.2. The summed E-state index contributed by atoms with van der Waals surface area (Å²) in [5, 5.41) is 14.2. The molecule has 41 heavy (non-hydrogen) atoms. The van der Waals surface area contributed by atoms with E-state index < -0.39 is 24.3 Å². The standard InChI is InChI=1S/C23H28N4.2C2HF3O2/c1-19-22(25-23(24-19)21-10-6-3-7-11-21)18-27-16-14-26(15-17-27)13-12-20-8-4-2-5-9-20;2*3-2(4,5)1(6)7/h2-11H,12-18H2,1H3,(H,24,25);2*(H,6,7). The molecule has 0 radical (unpaired) electrons. The Morgan fingerprint density at radius 3 is 1.71 bits per heavy atom. The van der Waals surface area contributed by atoms with E-state index in [1.165, 1.54) is 17.0 Å². The Kier molecular flexibility index (Phi) is 12.3. The van der Waals surface area contributed by atoms with Crippen LogP contribution in [0.2, 0.25) is 0 Å². The van der Waals surface area contributed by atoms with Crippen LogP contribution in [-0.2, 0) is 22.6 Å². The molecule has 1 fully saturated rings. The molecule has 3 N–H and O–H groups in total. The first-order valence-corrected chi connectivity index (χ1v) is 12.4. The van der Waals surface area contributed by atoms with E-state index in [9.17, 15) is 26.3 Å². The average molecular weight is 589 g/mol. The number of nitrogens with one attached hydrogen (secondary N) is 1. The Labute approximate surface area is 232 Å². The van der Waals surface area contributed by atoms with Crippen LogP contribution in [-0.4, -0.2) is 87.0 Å². The number of carboxylic acid groups (broad SMARTS) is 2. The van der Waals surface area contributed by atoms with Crippen LogP contribution in [0.1, 0.15) is 17.0 Å². The zero-order valence-corrected chi connectivity index (χ0v) is 22.0. The average Bonchev–Trinajstić information content (AvgIpc) is 3.29. The van der Waals surface area contributed by atoms with E-state index >= 15 is 0 Å². The molecule has 1 aliphatic rings. The van der Waals surface area contributed by atoms with Crippen LogP contribution in [0.4, 0.5) is 26.3 Å². The maximum Gasteiger partial charge on any atom is 0.490 e. The van der Waals surface area contributed by atoms with Gasteiger partial charge in [-0.3, -0.25) is 4.90 Å². The van der Waals surface area contributed by atoms with Crippen molar-refractivity contribution in [3.8, 4) is 11.4 Å². The van der Waals surface area contributed by atoms with Crippen LogP contribution in [0.25, 0.3) is 11.4 Å². The van der Waals surface area contributed by atoms with Gasteiger partial charge in [0.05, 0.1) is 5.69 Å². The van der Waals surface area contributed by atoms with Gasteiger partial charge in [0.25, 0.3) is 0 Å². The number of aromatic nitrogens is 2. The summed E-state index contributed by atoms with van der Waals surface area (Å²) in [6.07, 6.45) is -9.03. The number of carbonyl (C=O) groups is 2. The van der Waals surface area contributed by atoms with Crippen molar-refractivity contribution >= 4 is 11.9 Å². The van der Waals surface area contributed by atoms with Gasteiger partial charge in [0.2, 0.25) is 0 Å². The number of aryl methyl sites for hydroxylation is 1. The highest BCUT2D eigenvalue weighted by Crippen LogP contribution is 2.19. The first-order chi connectivity index (χ1) is 19.2. The van der Waals surface area contributed by atoms with Crippen molar-refractivity contribution in [3.05, 3.63) is 77.6 Å². The molecule has 1 aliphatic heterocycles. The third-order valence-electron chi connectivity index (χ3n) is 5.92. The molecule has 2 heterocycles. The lowest BCUT2D eigenvalue weighted by atomic mass is 10.1. The lowest BCUT2D eigenvalue weighted by molar-refractivity contribution is -0.193. The summed E-state index contributed by atoms with van der Waals surface area (Å²) >= 11 is 0. The molecule has 8 nitrogen and oxygen atoms in total.